The van der Waals surface area contributed by atoms with Crippen LogP contribution in [0.15, 0.2) is 97.1 Å². The zero-order valence-electron chi connectivity index (χ0n) is 24.9. The average molecular weight is 605 g/mol. The number of rotatable bonds is 9. The van der Waals surface area contributed by atoms with Crippen molar-refractivity contribution in [3.8, 4) is 28.7 Å². The minimum absolute atomic E-state index is 0.0883. The zero-order chi connectivity index (χ0) is 31.1. The molecule has 2 fully saturated rings. The number of ether oxygens (including phenoxy) is 4. The lowest BCUT2D eigenvalue weighted by atomic mass is 9.75. The van der Waals surface area contributed by atoms with Crippen molar-refractivity contribution in [3.05, 3.63) is 114 Å². The fraction of sp³-hybridized carbons (Fsp3) is 0.250. The van der Waals surface area contributed by atoms with Gasteiger partial charge in [0, 0.05) is 23.0 Å². The van der Waals surface area contributed by atoms with Crippen LogP contribution < -0.4 is 24.3 Å². The van der Waals surface area contributed by atoms with E-state index >= 15 is 0 Å². The highest BCUT2D eigenvalue weighted by atomic mass is 16.5. The number of nitrogens with zero attached hydrogens (tertiary/aromatic N) is 1. The van der Waals surface area contributed by atoms with E-state index in [0.29, 0.717) is 35.2 Å². The van der Waals surface area contributed by atoms with E-state index in [2.05, 4.69) is 5.32 Å². The van der Waals surface area contributed by atoms with Gasteiger partial charge in [0.05, 0.1) is 26.7 Å². The summed E-state index contributed by atoms with van der Waals surface area (Å²) in [5, 5.41) is 3.09. The molecule has 4 aromatic rings. The number of carbonyl (C=O) groups excluding carboxylic acids is 3. The molecule has 1 saturated heterocycles. The number of hydrogen-bond donors (Lipinski definition) is 1. The molecule has 0 aromatic heterocycles. The predicted octanol–water partition coefficient (Wildman–Crippen LogP) is 6.06. The highest BCUT2D eigenvalue weighted by Gasteiger charge is 2.66. The van der Waals surface area contributed by atoms with Gasteiger partial charge in [0.15, 0.2) is 0 Å². The number of carbonyl (C=O) groups is 3. The summed E-state index contributed by atoms with van der Waals surface area (Å²) in [6.45, 7) is 0.0883. The van der Waals surface area contributed by atoms with E-state index in [4.69, 9.17) is 18.9 Å². The summed E-state index contributed by atoms with van der Waals surface area (Å²) in [4.78, 5) is 42.9. The number of nitrogens with one attached hydrogen (secondary N) is 1. The molecule has 0 bridgehead atoms. The van der Waals surface area contributed by atoms with Crippen molar-refractivity contribution >= 4 is 17.9 Å². The van der Waals surface area contributed by atoms with E-state index in [9.17, 15) is 14.4 Å². The van der Waals surface area contributed by atoms with Gasteiger partial charge in [-0.25, -0.2) is 4.79 Å². The lowest BCUT2D eigenvalue weighted by molar-refractivity contribution is -0.137. The van der Waals surface area contributed by atoms with Gasteiger partial charge in [-0.2, -0.15) is 0 Å². The Kier molecular flexibility index (Phi) is 7.16. The number of esters is 1. The number of urea groups is 1. The van der Waals surface area contributed by atoms with Gasteiger partial charge in [-0.05, 0) is 66.9 Å². The van der Waals surface area contributed by atoms with Crippen molar-refractivity contribution in [2.24, 2.45) is 11.8 Å². The van der Waals surface area contributed by atoms with E-state index in [-0.39, 0.29) is 24.8 Å². The molecular weight excluding hydrogens is 572 g/mol. The van der Waals surface area contributed by atoms with Crippen molar-refractivity contribution in [3.63, 3.8) is 0 Å². The third-order valence-electron chi connectivity index (χ3n) is 9.04. The van der Waals surface area contributed by atoms with Crippen LogP contribution in [0, 0.1) is 11.8 Å². The van der Waals surface area contributed by atoms with Gasteiger partial charge in [-0.1, -0.05) is 48.5 Å². The van der Waals surface area contributed by atoms with Gasteiger partial charge < -0.3 is 24.3 Å². The van der Waals surface area contributed by atoms with Crippen LogP contribution in [0.25, 0.3) is 0 Å². The second kappa shape index (κ2) is 11.3. The van der Waals surface area contributed by atoms with E-state index in [1.807, 2.05) is 60.7 Å². The number of imide groups is 1. The van der Waals surface area contributed by atoms with E-state index in [1.165, 1.54) is 4.90 Å². The molecule has 1 N–H and O–H groups in total. The van der Waals surface area contributed by atoms with E-state index < -0.39 is 29.4 Å². The highest BCUT2D eigenvalue weighted by molar-refractivity contribution is 6.08. The van der Waals surface area contributed by atoms with Crippen molar-refractivity contribution in [1.29, 1.82) is 0 Å². The van der Waals surface area contributed by atoms with Crippen LogP contribution in [-0.2, 0) is 16.1 Å². The van der Waals surface area contributed by atoms with Crippen molar-refractivity contribution in [2.45, 2.75) is 30.8 Å². The van der Waals surface area contributed by atoms with Gasteiger partial charge in [-0.3, -0.25) is 14.5 Å². The predicted molar refractivity (Wildman–Crippen MR) is 164 cm³/mol. The third kappa shape index (κ3) is 5.14. The molecular formula is C36H32N2O7. The lowest BCUT2D eigenvalue weighted by Crippen LogP contribution is -2.51. The molecule has 7 rings (SSSR count). The Balaban J connectivity index is 1.23. The summed E-state index contributed by atoms with van der Waals surface area (Å²) in [6, 6.07) is 29.0. The van der Waals surface area contributed by atoms with E-state index in [1.54, 1.807) is 50.6 Å². The number of benzene rings is 4. The van der Waals surface area contributed by atoms with Gasteiger partial charge in [-0.15, -0.1) is 0 Å². The van der Waals surface area contributed by atoms with Crippen LogP contribution in [0.2, 0.25) is 0 Å². The Morgan fingerprint density at radius 2 is 1.38 bits per heavy atom. The van der Waals surface area contributed by atoms with Crippen LogP contribution in [0.3, 0.4) is 0 Å². The van der Waals surface area contributed by atoms with Crippen molar-refractivity contribution in [2.75, 3.05) is 14.2 Å². The summed E-state index contributed by atoms with van der Waals surface area (Å²) in [5.74, 6) is 1.03. The molecule has 2 heterocycles. The molecule has 45 heavy (non-hydrogen) atoms. The van der Waals surface area contributed by atoms with Gasteiger partial charge in [0.2, 0.25) is 0 Å². The van der Waals surface area contributed by atoms with Crippen molar-refractivity contribution < 1.29 is 33.3 Å². The number of fused-ring (bicyclic) bond motifs is 2. The molecule has 1 aliphatic carbocycles. The SMILES string of the molecule is COc1ccc(CN2C(=O)N[C@@](CC3c4ccccc4Oc4ccccc43)([C@H]3CC3C(=O)Oc3ccc(OC)cc3)C2=O)cc1. The Labute approximate surface area is 260 Å². The second-order valence-electron chi connectivity index (χ2n) is 11.6. The fourth-order valence-electron chi connectivity index (χ4n) is 6.63. The Bertz CT molecular complexity index is 1730. The molecule has 3 atom stereocenters. The smallest absolute Gasteiger partial charge is 0.325 e. The Morgan fingerprint density at radius 1 is 0.822 bits per heavy atom. The summed E-state index contributed by atoms with van der Waals surface area (Å²) < 4.78 is 22.4. The second-order valence-corrected chi connectivity index (χ2v) is 11.6. The summed E-state index contributed by atoms with van der Waals surface area (Å²) in [6.07, 6.45) is 0.662. The maximum Gasteiger partial charge on any atom is 0.325 e. The fourth-order valence-corrected chi connectivity index (χ4v) is 6.63. The highest BCUT2D eigenvalue weighted by Crippen LogP contribution is 2.56. The Hall–Kier alpha value is -5.31. The first-order chi connectivity index (χ1) is 21.9. The van der Waals surface area contributed by atoms with Crippen LogP contribution in [0.1, 0.15) is 35.4 Å². The molecule has 0 radical (unpaired) electrons. The topological polar surface area (TPSA) is 103 Å². The van der Waals surface area contributed by atoms with E-state index in [0.717, 1.165) is 16.7 Å². The normalized spacial score (nSPS) is 21.7. The van der Waals surface area contributed by atoms with Crippen LogP contribution in [-0.4, -0.2) is 42.6 Å². The quantitative estimate of drug-likeness (QED) is 0.141. The number of methoxy groups -OCH3 is 2. The first-order valence-corrected chi connectivity index (χ1v) is 14.9. The molecule has 0 spiro atoms. The molecule has 9 heteroatoms. The molecule has 2 aliphatic heterocycles. The minimum atomic E-state index is -1.34. The minimum Gasteiger partial charge on any atom is -0.497 e. The van der Waals surface area contributed by atoms with Crippen LogP contribution >= 0.6 is 0 Å². The zero-order valence-corrected chi connectivity index (χ0v) is 24.9. The van der Waals surface area contributed by atoms with Gasteiger partial charge in [0.1, 0.15) is 34.3 Å². The standard InChI is InChI=1S/C36H32N2O7/c1-42-23-13-11-22(12-14-23)21-38-34(40)36(37-35(38)41,30-19-28(30)33(39)44-25-17-15-24(43-2)16-18-25)20-29-26-7-3-5-9-31(26)45-32-10-6-4-8-27(29)32/h3-18,28-30H,19-21H2,1-2H3,(H,37,41)/t28?,30-,36-/m0/s1. The molecule has 3 aliphatic rings. The first kappa shape index (κ1) is 28.5. The molecule has 3 amide bonds. The average Bonchev–Trinajstić information content (AvgIpc) is 3.85. The van der Waals surface area contributed by atoms with Crippen molar-refractivity contribution in [1.82, 2.24) is 10.2 Å². The summed E-state index contributed by atoms with van der Waals surface area (Å²) in [5.41, 5.74) is 1.28. The van der Waals surface area contributed by atoms with Gasteiger partial charge >= 0.3 is 12.0 Å². The van der Waals surface area contributed by atoms with Gasteiger partial charge in [0.25, 0.3) is 5.91 Å². The molecule has 228 valence electrons. The van der Waals surface area contributed by atoms with Crippen LogP contribution in [0.5, 0.6) is 28.7 Å². The molecule has 9 nitrogen and oxygen atoms in total. The lowest BCUT2D eigenvalue weighted by Gasteiger charge is -2.35. The number of amides is 3. The third-order valence-corrected chi connectivity index (χ3v) is 9.04. The first-order valence-electron chi connectivity index (χ1n) is 14.9. The maximum absolute atomic E-state index is 14.6. The molecule has 4 aromatic carbocycles. The Morgan fingerprint density at radius 3 is 1.98 bits per heavy atom. The number of hydrogen-bond acceptors (Lipinski definition) is 7. The van der Waals surface area contributed by atoms with Crippen LogP contribution in [0.4, 0.5) is 4.79 Å². The molecule has 1 saturated carbocycles. The maximum atomic E-state index is 14.6. The number of para-hydroxylation sites is 2. The monoisotopic (exact) mass is 604 g/mol. The molecule has 1 unspecified atom stereocenters. The summed E-state index contributed by atoms with van der Waals surface area (Å²) in [7, 11) is 3.15. The largest absolute Gasteiger partial charge is 0.497 e. The summed E-state index contributed by atoms with van der Waals surface area (Å²) >= 11 is 0.